The zero-order valence-corrected chi connectivity index (χ0v) is 8.48. The summed E-state index contributed by atoms with van der Waals surface area (Å²) in [5, 5.41) is 0. The molecule has 1 aliphatic carbocycles. The zero-order valence-electron chi connectivity index (χ0n) is 8.48. The molecule has 0 atom stereocenters. The van der Waals surface area contributed by atoms with Crippen molar-refractivity contribution in [1.82, 2.24) is 0 Å². The van der Waals surface area contributed by atoms with Gasteiger partial charge in [0.05, 0.1) is 0 Å². The molecule has 0 N–H and O–H groups in total. The molecule has 0 aromatic heterocycles. The molecule has 0 unspecified atom stereocenters. The minimum atomic E-state index is 0.572. The summed E-state index contributed by atoms with van der Waals surface area (Å²) >= 11 is 0. The lowest BCUT2D eigenvalue weighted by Crippen LogP contribution is -2.18. The topological polar surface area (TPSA) is 0 Å². The summed E-state index contributed by atoms with van der Waals surface area (Å²) in [5.74, 6) is 1.94. The maximum Gasteiger partial charge on any atom is -0.0331 e. The van der Waals surface area contributed by atoms with E-state index in [9.17, 15) is 0 Å². The van der Waals surface area contributed by atoms with Crippen LogP contribution < -0.4 is 0 Å². The molecule has 66 valence electrons. The summed E-state index contributed by atoms with van der Waals surface area (Å²) in [6, 6.07) is 0. The molecule has 0 saturated heterocycles. The van der Waals surface area contributed by atoms with Crippen LogP contribution in [0.5, 0.6) is 0 Å². The second-order valence-corrected chi connectivity index (χ2v) is 5.13. The maximum absolute atomic E-state index is 2.40. The third kappa shape index (κ3) is 2.84. The molecule has 1 fully saturated rings. The van der Waals surface area contributed by atoms with E-state index < -0.39 is 0 Å². The molecule has 0 aromatic carbocycles. The Bertz CT molecular complexity index is 118. The average molecular weight is 154 g/mol. The van der Waals surface area contributed by atoms with Crippen LogP contribution in [0.25, 0.3) is 0 Å². The van der Waals surface area contributed by atoms with E-state index in [1.807, 2.05) is 0 Å². The standard InChI is InChI=1S/C11H22/c1-9(2)11(3,4)8-7-10-5-6-10/h9-10H,5-8H2,1-4H3. The lowest BCUT2D eigenvalue weighted by atomic mass is 9.77. The Labute approximate surface area is 71.4 Å². The van der Waals surface area contributed by atoms with Gasteiger partial charge in [0.2, 0.25) is 0 Å². The third-order valence-corrected chi connectivity index (χ3v) is 3.46. The minimum absolute atomic E-state index is 0.572. The van der Waals surface area contributed by atoms with Gasteiger partial charge in [-0.05, 0) is 30.1 Å². The molecule has 0 nitrogen and oxygen atoms in total. The molecule has 1 aliphatic rings. The van der Waals surface area contributed by atoms with Gasteiger partial charge in [0, 0.05) is 0 Å². The molecule has 0 bridgehead atoms. The van der Waals surface area contributed by atoms with E-state index >= 15 is 0 Å². The van der Waals surface area contributed by atoms with Crippen LogP contribution in [-0.2, 0) is 0 Å². The Morgan fingerprint density at radius 2 is 1.82 bits per heavy atom. The quantitative estimate of drug-likeness (QED) is 0.577. The Balaban J connectivity index is 2.20. The smallest absolute Gasteiger partial charge is 0.0331 e. The van der Waals surface area contributed by atoms with Crippen LogP contribution in [0.15, 0.2) is 0 Å². The van der Waals surface area contributed by atoms with Crippen LogP contribution in [0.4, 0.5) is 0 Å². The number of hydrogen-bond donors (Lipinski definition) is 0. The number of rotatable bonds is 4. The van der Waals surface area contributed by atoms with Crippen molar-refractivity contribution in [2.45, 2.75) is 53.4 Å². The van der Waals surface area contributed by atoms with Gasteiger partial charge >= 0.3 is 0 Å². The van der Waals surface area contributed by atoms with E-state index in [1.165, 1.54) is 25.7 Å². The van der Waals surface area contributed by atoms with Gasteiger partial charge in [0.1, 0.15) is 0 Å². The highest BCUT2D eigenvalue weighted by molar-refractivity contribution is 4.79. The molecule has 0 aromatic rings. The largest absolute Gasteiger partial charge is 0.0623 e. The van der Waals surface area contributed by atoms with Crippen LogP contribution in [0, 0.1) is 17.3 Å². The first-order chi connectivity index (χ1) is 5.02. The van der Waals surface area contributed by atoms with Gasteiger partial charge in [-0.25, -0.2) is 0 Å². The van der Waals surface area contributed by atoms with Crippen LogP contribution in [-0.4, -0.2) is 0 Å². The first-order valence-electron chi connectivity index (χ1n) is 5.02. The maximum atomic E-state index is 2.40. The Morgan fingerprint density at radius 3 is 2.18 bits per heavy atom. The van der Waals surface area contributed by atoms with E-state index in [0.717, 1.165) is 11.8 Å². The highest BCUT2D eigenvalue weighted by atomic mass is 14.3. The molecule has 1 saturated carbocycles. The van der Waals surface area contributed by atoms with E-state index in [1.54, 1.807) is 0 Å². The Morgan fingerprint density at radius 1 is 1.27 bits per heavy atom. The van der Waals surface area contributed by atoms with Crippen molar-refractivity contribution in [3.05, 3.63) is 0 Å². The predicted molar refractivity (Wildman–Crippen MR) is 50.6 cm³/mol. The lowest BCUT2D eigenvalue weighted by Gasteiger charge is -2.29. The molecule has 11 heavy (non-hydrogen) atoms. The van der Waals surface area contributed by atoms with Crippen molar-refractivity contribution in [3.8, 4) is 0 Å². The highest BCUT2D eigenvalue weighted by Crippen LogP contribution is 2.39. The van der Waals surface area contributed by atoms with Crippen LogP contribution in [0.1, 0.15) is 53.4 Å². The van der Waals surface area contributed by atoms with Crippen LogP contribution >= 0.6 is 0 Å². The monoisotopic (exact) mass is 154 g/mol. The normalized spacial score (nSPS) is 19.4. The molecular formula is C11H22. The molecule has 1 rings (SSSR count). The molecule has 0 amide bonds. The molecule has 0 spiro atoms. The lowest BCUT2D eigenvalue weighted by molar-refractivity contribution is 0.219. The van der Waals surface area contributed by atoms with E-state index in [-0.39, 0.29) is 0 Å². The summed E-state index contributed by atoms with van der Waals surface area (Å²) in [7, 11) is 0. The minimum Gasteiger partial charge on any atom is -0.0623 e. The van der Waals surface area contributed by atoms with Gasteiger partial charge in [0.15, 0.2) is 0 Å². The first kappa shape index (κ1) is 9.09. The second kappa shape index (κ2) is 3.16. The fourth-order valence-electron chi connectivity index (χ4n) is 1.27. The second-order valence-electron chi connectivity index (χ2n) is 5.13. The van der Waals surface area contributed by atoms with Gasteiger partial charge in [-0.3, -0.25) is 0 Å². The van der Waals surface area contributed by atoms with E-state index in [2.05, 4.69) is 27.7 Å². The fraction of sp³-hybridized carbons (Fsp3) is 1.00. The zero-order chi connectivity index (χ0) is 8.48. The van der Waals surface area contributed by atoms with Crippen molar-refractivity contribution in [3.63, 3.8) is 0 Å². The van der Waals surface area contributed by atoms with Gasteiger partial charge in [-0.15, -0.1) is 0 Å². The number of hydrogen-bond acceptors (Lipinski definition) is 0. The van der Waals surface area contributed by atoms with Crippen molar-refractivity contribution < 1.29 is 0 Å². The van der Waals surface area contributed by atoms with Gasteiger partial charge < -0.3 is 0 Å². The van der Waals surface area contributed by atoms with Gasteiger partial charge in [-0.1, -0.05) is 40.5 Å². The third-order valence-electron chi connectivity index (χ3n) is 3.46. The Kier molecular flexibility index (Phi) is 2.61. The summed E-state index contributed by atoms with van der Waals surface area (Å²) in [6.45, 7) is 9.49. The fourth-order valence-corrected chi connectivity index (χ4v) is 1.27. The molecular weight excluding hydrogens is 132 g/mol. The van der Waals surface area contributed by atoms with E-state index in [4.69, 9.17) is 0 Å². The summed E-state index contributed by atoms with van der Waals surface area (Å²) in [5.41, 5.74) is 0.572. The molecule has 0 aliphatic heterocycles. The van der Waals surface area contributed by atoms with E-state index in [0.29, 0.717) is 5.41 Å². The SMILES string of the molecule is CC(C)C(C)(C)CCC1CC1. The predicted octanol–water partition coefficient (Wildman–Crippen LogP) is 3.86. The highest BCUT2D eigenvalue weighted by Gasteiger charge is 2.27. The summed E-state index contributed by atoms with van der Waals surface area (Å²) in [6.07, 6.45) is 5.92. The van der Waals surface area contributed by atoms with Gasteiger partial charge in [-0.2, -0.15) is 0 Å². The van der Waals surface area contributed by atoms with Gasteiger partial charge in [0.25, 0.3) is 0 Å². The molecule has 0 heterocycles. The average Bonchev–Trinajstić information content (AvgIpc) is 2.65. The molecule has 0 heteroatoms. The van der Waals surface area contributed by atoms with Crippen molar-refractivity contribution in [1.29, 1.82) is 0 Å². The summed E-state index contributed by atoms with van der Waals surface area (Å²) in [4.78, 5) is 0. The van der Waals surface area contributed by atoms with Crippen molar-refractivity contribution >= 4 is 0 Å². The van der Waals surface area contributed by atoms with Crippen LogP contribution in [0.2, 0.25) is 0 Å². The Hall–Kier alpha value is 0. The van der Waals surface area contributed by atoms with Crippen LogP contribution in [0.3, 0.4) is 0 Å². The van der Waals surface area contributed by atoms with Crippen molar-refractivity contribution in [2.75, 3.05) is 0 Å². The first-order valence-corrected chi connectivity index (χ1v) is 5.02. The molecule has 0 radical (unpaired) electrons. The van der Waals surface area contributed by atoms with Crippen molar-refractivity contribution in [2.24, 2.45) is 17.3 Å². The summed E-state index contributed by atoms with van der Waals surface area (Å²) < 4.78 is 0.